The zero-order valence-corrected chi connectivity index (χ0v) is 9.55. The SMILES string of the molecule is O=C(O)c1cc(-c2ccc3c(c2)CCCO3)on1. The van der Waals surface area contributed by atoms with Crippen LogP contribution in [0.3, 0.4) is 0 Å². The lowest BCUT2D eigenvalue weighted by Crippen LogP contribution is -2.07. The number of aryl methyl sites for hydroxylation is 1. The third-order valence-electron chi connectivity index (χ3n) is 2.92. The zero-order chi connectivity index (χ0) is 12.5. The minimum absolute atomic E-state index is 0.0843. The predicted octanol–water partition coefficient (Wildman–Crippen LogP) is 2.36. The fraction of sp³-hybridized carbons (Fsp3) is 0.231. The molecule has 0 aliphatic carbocycles. The number of hydrogen-bond acceptors (Lipinski definition) is 4. The van der Waals surface area contributed by atoms with Gasteiger partial charge in [-0.15, -0.1) is 0 Å². The fourth-order valence-electron chi connectivity index (χ4n) is 2.03. The molecule has 1 N–H and O–H groups in total. The van der Waals surface area contributed by atoms with E-state index in [1.807, 2.05) is 18.2 Å². The Morgan fingerprint density at radius 2 is 2.22 bits per heavy atom. The number of aromatic nitrogens is 1. The quantitative estimate of drug-likeness (QED) is 0.879. The third kappa shape index (κ3) is 1.84. The number of hydrogen-bond donors (Lipinski definition) is 1. The smallest absolute Gasteiger partial charge is 0.358 e. The first-order chi connectivity index (χ1) is 8.74. The Hall–Kier alpha value is -2.30. The highest BCUT2D eigenvalue weighted by molar-refractivity contribution is 5.86. The van der Waals surface area contributed by atoms with Gasteiger partial charge < -0.3 is 14.4 Å². The minimum Gasteiger partial charge on any atom is -0.493 e. The van der Waals surface area contributed by atoms with Crippen molar-refractivity contribution < 1.29 is 19.2 Å². The molecule has 3 rings (SSSR count). The number of rotatable bonds is 2. The summed E-state index contributed by atoms with van der Waals surface area (Å²) in [5, 5.41) is 12.3. The van der Waals surface area contributed by atoms with Crippen molar-refractivity contribution in [3.63, 3.8) is 0 Å². The highest BCUT2D eigenvalue weighted by Crippen LogP contribution is 2.30. The molecule has 18 heavy (non-hydrogen) atoms. The van der Waals surface area contributed by atoms with Crippen LogP contribution in [0.15, 0.2) is 28.8 Å². The number of benzene rings is 1. The minimum atomic E-state index is -1.09. The molecule has 1 aliphatic heterocycles. The predicted molar refractivity (Wildman–Crippen MR) is 62.7 cm³/mol. The maximum Gasteiger partial charge on any atom is 0.358 e. The summed E-state index contributed by atoms with van der Waals surface area (Å²) >= 11 is 0. The fourth-order valence-corrected chi connectivity index (χ4v) is 2.03. The van der Waals surface area contributed by atoms with E-state index < -0.39 is 5.97 Å². The Morgan fingerprint density at radius 1 is 1.33 bits per heavy atom. The number of carbonyl (C=O) groups is 1. The van der Waals surface area contributed by atoms with Crippen molar-refractivity contribution in [2.75, 3.05) is 6.61 Å². The topological polar surface area (TPSA) is 72.6 Å². The molecule has 0 saturated carbocycles. The summed E-state index contributed by atoms with van der Waals surface area (Å²) in [6.45, 7) is 0.748. The summed E-state index contributed by atoms with van der Waals surface area (Å²) in [6.07, 6.45) is 1.95. The molecule has 5 heteroatoms. The molecule has 1 aromatic carbocycles. The molecule has 0 bridgehead atoms. The van der Waals surface area contributed by atoms with Gasteiger partial charge in [-0.1, -0.05) is 5.16 Å². The molecule has 0 fully saturated rings. The van der Waals surface area contributed by atoms with Gasteiger partial charge in [0.15, 0.2) is 11.5 Å². The summed E-state index contributed by atoms with van der Waals surface area (Å²) in [5.41, 5.74) is 1.85. The number of carboxylic acids is 1. The maximum atomic E-state index is 10.7. The van der Waals surface area contributed by atoms with Gasteiger partial charge >= 0.3 is 5.97 Å². The van der Waals surface area contributed by atoms with Gasteiger partial charge in [0.05, 0.1) is 6.61 Å². The second-order valence-corrected chi connectivity index (χ2v) is 4.16. The summed E-state index contributed by atoms with van der Waals surface area (Å²) in [6, 6.07) is 7.11. The molecule has 1 aromatic heterocycles. The van der Waals surface area contributed by atoms with Crippen LogP contribution in [-0.2, 0) is 6.42 Å². The van der Waals surface area contributed by atoms with Crippen LogP contribution in [0.4, 0.5) is 0 Å². The molecular formula is C13H11NO4. The lowest BCUT2D eigenvalue weighted by molar-refractivity contribution is 0.0686. The number of carboxylic acid groups (broad SMARTS) is 1. The van der Waals surface area contributed by atoms with Crippen LogP contribution in [-0.4, -0.2) is 22.8 Å². The van der Waals surface area contributed by atoms with Gasteiger partial charge in [-0.3, -0.25) is 0 Å². The van der Waals surface area contributed by atoms with Gasteiger partial charge in [0.2, 0.25) is 0 Å². The summed E-state index contributed by atoms with van der Waals surface area (Å²) < 4.78 is 10.5. The standard InChI is InChI=1S/C13H11NO4/c15-13(16)10-7-12(18-14-10)9-3-4-11-8(6-9)2-1-5-17-11/h3-4,6-7H,1-2,5H2,(H,15,16). The molecule has 92 valence electrons. The van der Waals surface area contributed by atoms with E-state index in [9.17, 15) is 4.79 Å². The van der Waals surface area contributed by atoms with Crippen molar-refractivity contribution in [2.24, 2.45) is 0 Å². The molecule has 2 heterocycles. The lowest BCUT2D eigenvalue weighted by Gasteiger charge is -2.17. The van der Waals surface area contributed by atoms with Crippen molar-refractivity contribution in [3.05, 3.63) is 35.5 Å². The Labute approximate surface area is 103 Å². The van der Waals surface area contributed by atoms with E-state index in [0.717, 1.165) is 36.3 Å². The van der Waals surface area contributed by atoms with Gasteiger partial charge in [-0.05, 0) is 36.6 Å². The van der Waals surface area contributed by atoms with Crippen LogP contribution in [0, 0.1) is 0 Å². The number of ether oxygens (including phenoxy) is 1. The molecule has 0 amide bonds. The van der Waals surface area contributed by atoms with E-state index in [1.165, 1.54) is 6.07 Å². The largest absolute Gasteiger partial charge is 0.493 e. The van der Waals surface area contributed by atoms with E-state index in [0.29, 0.717) is 5.76 Å². The molecule has 0 saturated heterocycles. The number of aromatic carboxylic acids is 1. The molecule has 0 spiro atoms. The highest BCUT2D eigenvalue weighted by atomic mass is 16.5. The average Bonchev–Trinajstić information content (AvgIpc) is 2.88. The highest BCUT2D eigenvalue weighted by Gasteiger charge is 2.15. The molecule has 5 nitrogen and oxygen atoms in total. The second-order valence-electron chi connectivity index (χ2n) is 4.16. The molecule has 0 atom stereocenters. The van der Waals surface area contributed by atoms with E-state index in [4.69, 9.17) is 14.4 Å². The normalized spacial score (nSPS) is 13.8. The van der Waals surface area contributed by atoms with Gasteiger partial charge in [0.25, 0.3) is 0 Å². The lowest BCUT2D eigenvalue weighted by atomic mass is 10.0. The van der Waals surface area contributed by atoms with Crippen LogP contribution < -0.4 is 4.74 Å². The third-order valence-corrected chi connectivity index (χ3v) is 2.92. The Morgan fingerprint density at radius 3 is 3.00 bits per heavy atom. The monoisotopic (exact) mass is 245 g/mol. The molecule has 0 radical (unpaired) electrons. The van der Waals surface area contributed by atoms with Crippen molar-refractivity contribution >= 4 is 5.97 Å². The first-order valence-electron chi connectivity index (χ1n) is 5.70. The molecule has 1 aliphatic rings. The Kier molecular flexibility index (Phi) is 2.51. The summed E-state index contributed by atoms with van der Waals surface area (Å²) in [4.78, 5) is 10.7. The van der Waals surface area contributed by atoms with Gasteiger partial charge in [-0.2, -0.15) is 0 Å². The van der Waals surface area contributed by atoms with E-state index in [2.05, 4.69) is 5.16 Å². The maximum absolute atomic E-state index is 10.7. The van der Waals surface area contributed by atoms with Gasteiger partial charge in [0, 0.05) is 11.6 Å². The zero-order valence-electron chi connectivity index (χ0n) is 9.55. The first kappa shape index (κ1) is 10.8. The van der Waals surface area contributed by atoms with Gasteiger partial charge in [0.1, 0.15) is 5.75 Å². The summed E-state index contributed by atoms with van der Waals surface area (Å²) in [5.74, 6) is 0.259. The van der Waals surface area contributed by atoms with Crippen molar-refractivity contribution in [3.8, 4) is 17.1 Å². The van der Waals surface area contributed by atoms with Crippen molar-refractivity contribution in [2.45, 2.75) is 12.8 Å². The van der Waals surface area contributed by atoms with Crippen molar-refractivity contribution in [1.82, 2.24) is 5.16 Å². The van der Waals surface area contributed by atoms with E-state index >= 15 is 0 Å². The molecule has 2 aromatic rings. The number of nitrogens with zero attached hydrogens (tertiary/aromatic N) is 1. The molecular weight excluding hydrogens is 234 g/mol. The number of fused-ring (bicyclic) bond motifs is 1. The summed E-state index contributed by atoms with van der Waals surface area (Å²) in [7, 11) is 0. The van der Waals surface area contributed by atoms with Gasteiger partial charge in [-0.25, -0.2) is 4.79 Å². The van der Waals surface area contributed by atoms with Crippen LogP contribution in [0.1, 0.15) is 22.5 Å². The van der Waals surface area contributed by atoms with Crippen LogP contribution in [0.2, 0.25) is 0 Å². The van der Waals surface area contributed by atoms with Crippen LogP contribution >= 0.6 is 0 Å². The van der Waals surface area contributed by atoms with E-state index in [-0.39, 0.29) is 5.69 Å². The molecule has 0 unspecified atom stereocenters. The Bertz CT molecular complexity index is 603. The Balaban J connectivity index is 1.98. The first-order valence-corrected chi connectivity index (χ1v) is 5.70. The van der Waals surface area contributed by atoms with Crippen LogP contribution in [0.5, 0.6) is 5.75 Å². The average molecular weight is 245 g/mol. The van der Waals surface area contributed by atoms with E-state index in [1.54, 1.807) is 0 Å². The van der Waals surface area contributed by atoms with Crippen LogP contribution in [0.25, 0.3) is 11.3 Å². The second kappa shape index (κ2) is 4.18. The van der Waals surface area contributed by atoms with Crippen molar-refractivity contribution in [1.29, 1.82) is 0 Å².